The lowest BCUT2D eigenvalue weighted by Crippen LogP contribution is -2.57. The number of nitrogens with zero attached hydrogens (tertiary/aromatic N) is 2. The lowest BCUT2D eigenvalue weighted by molar-refractivity contribution is -0.137. The Labute approximate surface area is 208 Å². The third-order valence-electron chi connectivity index (χ3n) is 6.69. The van der Waals surface area contributed by atoms with Crippen LogP contribution in [0, 0.1) is 5.92 Å². The lowest BCUT2D eigenvalue weighted by atomic mass is 9.82. The summed E-state index contributed by atoms with van der Waals surface area (Å²) < 4.78 is 11.1. The fourth-order valence-electron chi connectivity index (χ4n) is 5.19. The van der Waals surface area contributed by atoms with E-state index in [2.05, 4.69) is 44.7 Å². The summed E-state index contributed by atoms with van der Waals surface area (Å²) in [6.07, 6.45) is 1.96. The Morgan fingerprint density at radius 2 is 1.69 bits per heavy atom. The van der Waals surface area contributed by atoms with Gasteiger partial charge in [0, 0.05) is 32.2 Å². The summed E-state index contributed by atoms with van der Waals surface area (Å²) in [5, 5.41) is 0. The summed E-state index contributed by atoms with van der Waals surface area (Å²) in [7, 11) is 3.40. The average molecular weight is 503 g/mol. The number of carbonyl (C=O) groups is 1. The monoisotopic (exact) mass is 502 g/mol. The molecule has 5 nitrogen and oxygen atoms in total. The van der Waals surface area contributed by atoms with E-state index in [1.165, 1.54) is 11.1 Å². The van der Waals surface area contributed by atoms with Crippen molar-refractivity contribution in [2.75, 3.05) is 51.9 Å². The van der Waals surface area contributed by atoms with Gasteiger partial charge in [0.1, 0.15) is 0 Å². The highest BCUT2D eigenvalue weighted by atomic mass is 35.5. The van der Waals surface area contributed by atoms with Crippen LogP contribution >= 0.6 is 35.9 Å². The van der Waals surface area contributed by atoms with Gasteiger partial charge in [-0.15, -0.1) is 35.9 Å². The molecule has 0 N–H and O–H groups in total. The first-order valence-corrected chi connectivity index (χ1v) is 13.5. The van der Waals surface area contributed by atoms with Crippen LogP contribution in [0.2, 0.25) is 0 Å². The van der Waals surface area contributed by atoms with Gasteiger partial charge in [0.25, 0.3) is 0 Å². The van der Waals surface area contributed by atoms with Crippen molar-refractivity contribution in [2.24, 2.45) is 5.92 Å². The molecule has 2 aliphatic heterocycles. The van der Waals surface area contributed by atoms with E-state index in [1.54, 1.807) is 14.2 Å². The molecule has 1 aromatic carbocycles. The predicted molar refractivity (Wildman–Crippen MR) is 140 cm³/mol. The van der Waals surface area contributed by atoms with Crippen molar-refractivity contribution in [2.45, 2.75) is 50.7 Å². The van der Waals surface area contributed by atoms with Gasteiger partial charge >= 0.3 is 0 Å². The Bertz CT molecular complexity index is 770. The van der Waals surface area contributed by atoms with E-state index in [9.17, 15) is 4.79 Å². The smallest absolute Gasteiger partial charge is 0.229 e. The SMILES string of the molecule is CCSC1(SCC)CC2c3cc(OC)c(OC)cc3CCN2CC1C(=O)N(CC)CC.Cl. The van der Waals surface area contributed by atoms with Crippen LogP contribution < -0.4 is 9.47 Å². The van der Waals surface area contributed by atoms with Gasteiger partial charge in [-0.2, -0.15) is 0 Å². The molecule has 0 spiro atoms. The van der Waals surface area contributed by atoms with Gasteiger partial charge in [-0.05, 0) is 61.5 Å². The highest BCUT2D eigenvalue weighted by Crippen LogP contribution is 2.56. The number of hydrogen-bond acceptors (Lipinski definition) is 6. The maximum absolute atomic E-state index is 13.7. The molecule has 0 aliphatic carbocycles. The molecular formula is C24H39ClN2O3S2. The van der Waals surface area contributed by atoms with Crippen molar-refractivity contribution in [3.63, 3.8) is 0 Å². The molecule has 0 bridgehead atoms. The van der Waals surface area contributed by atoms with Gasteiger partial charge < -0.3 is 14.4 Å². The number of fused-ring (bicyclic) bond motifs is 3. The fourth-order valence-corrected chi connectivity index (χ4v) is 8.52. The highest BCUT2D eigenvalue weighted by molar-refractivity contribution is 8.18. The van der Waals surface area contributed by atoms with Crippen LogP contribution in [0.15, 0.2) is 12.1 Å². The first kappa shape index (κ1) is 27.5. The first-order chi connectivity index (χ1) is 15.0. The second kappa shape index (κ2) is 12.1. The van der Waals surface area contributed by atoms with Crippen LogP contribution in [-0.4, -0.2) is 71.7 Å². The summed E-state index contributed by atoms with van der Waals surface area (Å²) in [4.78, 5) is 18.2. The van der Waals surface area contributed by atoms with E-state index in [0.717, 1.165) is 62.0 Å². The van der Waals surface area contributed by atoms with E-state index in [1.807, 2.05) is 28.4 Å². The standard InChI is InChI=1S/C24H38N2O3S2.ClH/c1-7-25(8-2)23(27)19-16-26-12-11-17-13-21(28-5)22(29-6)14-18(17)20(26)15-24(19,30-9-3)31-10-4;/h13-14,19-20H,7-12,15-16H2,1-6H3;1H. The zero-order chi connectivity index (χ0) is 22.6. The third-order valence-corrected chi connectivity index (χ3v) is 9.85. The normalized spacial score (nSPS) is 21.7. The van der Waals surface area contributed by atoms with Crippen molar-refractivity contribution in [3.05, 3.63) is 23.3 Å². The largest absolute Gasteiger partial charge is 0.493 e. The number of methoxy groups -OCH3 is 2. The van der Waals surface area contributed by atoms with E-state index >= 15 is 0 Å². The molecule has 3 rings (SSSR count). The Morgan fingerprint density at radius 3 is 2.22 bits per heavy atom. The minimum atomic E-state index is -0.105. The summed E-state index contributed by atoms with van der Waals surface area (Å²) in [5.41, 5.74) is 2.69. The summed E-state index contributed by atoms with van der Waals surface area (Å²) >= 11 is 3.96. The topological polar surface area (TPSA) is 42.0 Å². The fraction of sp³-hybridized carbons (Fsp3) is 0.708. The van der Waals surface area contributed by atoms with Gasteiger partial charge in [-0.3, -0.25) is 9.69 Å². The molecular weight excluding hydrogens is 464 g/mol. The molecule has 1 amide bonds. The van der Waals surface area contributed by atoms with Crippen LogP contribution in [0.1, 0.15) is 51.3 Å². The number of ether oxygens (including phenoxy) is 2. The number of halogens is 1. The molecule has 2 heterocycles. The van der Waals surface area contributed by atoms with Crippen LogP contribution in [0.4, 0.5) is 0 Å². The number of benzene rings is 1. The number of rotatable bonds is 9. The number of carbonyl (C=O) groups excluding carboxylic acids is 1. The number of hydrogen-bond donors (Lipinski definition) is 0. The summed E-state index contributed by atoms with van der Waals surface area (Å²) in [6.45, 7) is 12.0. The summed E-state index contributed by atoms with van der Waals surface area (Å²) in [6, 6.07) is 4.64. The second-order valence-corrected chi connectivity index (χ2v) is 11.6. The van der Waals surface area contributed by atoms with Gasteiger partial charge in [0.05, 0.1) is 24.2 Å². The van der Waals surface area contributed by atoms with Crippen LogP contribution in [0.25, 0.3) is 0 Å². The van der Waals surface area contributed by atoms with Crippen LogP contribution in [-0.2, 0) is 11.2 Å². The van der Waals surface area contributed by atoms with E-state index < -0.39 is 0 Å². The molecule has 2 unspecified atom stereocenters. The Morgan fingerprint density at radius 1 is 1.09 bits per heavy atom. The van der Waals surface area contributed by atoms with Crippen LogP contribution in [0.3, 0.4) is 0 Å². The van der Waals surface area contributed by atoms with Gasteiger partial charge in [-0.1, -0.05) is 13.8 Å². The molecule has 1 saturated heterocycles. The zero-order valence-corrected chi connectivity index (χ0v) is 22.8. The minimum absolute atomic E-state index is 0. The minimum Gasteiger partial charge on any atom is -0.493 e. The number of thioether (sulfide) groups is 2. The van der Waals surface area contributed by atoms with E-state index in [-0.39, 0.29) is 22.4 Å². The molecule has 1 fully saturated rings. The van der Waals surface area contributed by atoms with Crippen molar-refractivity contribution in [1.29, 1.82) is 0 Å². The molecule has 2 aliphatic rings. The number of amides is 1. The molecule has 1 aromatic rings. The van der Waals surface area contributed by atoms with Crippen molar-refractivity contribution in [3.8, 4) is 11.5 Å². The maximum atomic E-state index is 13.7. The third kappa shape index (κ3) is 5.16. The van der Waals surface area contributed by atoms with E-state index in [4.69, 9.17) is 9.47 Å². The quantitative estimate of drug-likeness (QED) is 0.437. The highest BCUT2D eigenvalue weighted by Gasteiger charge is 2.52. The molecule has 0 radical (unpaired) electrons. The van der Waals surface area contributed by atoms with Crippen LogP contribution in [0.5, 0.6) is 11.5 Å². The van der Waals surface area contributed by atoms with Gasteiger partial charge in [0.15, 0.2) is 11.5 Å². The zero-order valence-electron chi connectivity index (χ0n) is 20.3. The Kier molecular flexibility index (Phi) is 10.4. The molecule has 8 heteroatoms. The Balaban J connectivity index is 0.00000363. The van der Waals surface area contributed by atoms with Crippen molar-refractivity contribution >= 4 is 41.8 Å². The molecule has 0 saturated carbocycles. The summed E-state index contributed by atoms with van der Waals surface area (Å²) in [5.74, 6) is 3.96. The predicted octanol–water partition coefficient (Wildman–Crippen LogP) is 5.12. The van der Waals surface area contributed by atoms with Crippen molar-refractivity contribution in [1.82, 2.24) is 9.80 Å². The van der Waals surface area contributed by atoms with E-state index in [0.29, 0.717) is 11.9 Å². The molecule has 182 valence electrons. The Hall–Kier alpha value is -0.760. The van der Waals surface area contributed by atoms with Crippen molar-refractivity contribution < 1.29 is 14.3 Å². The van der Waals surface area contributed by atoms with Gasteiger partial charge in [0.2, 0.25) is 5.91 Å². The number of piperidine rings is 1. The first-order valence-electron chi connectivity index (χ1n) is 11.5. The van der Waals surface area contributed by atoms with Gasteiger partial charge in [-0.25, -0.2) is 0 Å². The average Bonchev–Trinajstić information content (AvgIpc) is 2.78. The molecule has 32 heavy (non-hydrogen) atoms. The molecule has 0 aromatic heterocycles. The maximum Gasteiger partial charge on any atom is 0.229 e. The second-order valence-electron chi connectivity index (χ2n) is 8.11. The lowest BCUT2D eigenvalue weighted by Gasteiger charge is -2.53. The molecule has 2 atom stereocenters.